The summed E-state index contributed by atoms with van der Waals surface area (Å²) < 4.78 is 11.0. The van der Waals surface area contributed by atoms with E-state index in [-0.39, 0.29) is 5.91 Å². The number of nitrogens with zero attached hydrogens (tertiary/aromatic N) is 2. The van der Waals surface area contributed by atoms with Crippen molar-refractivity contribution >= 4 is 29.4 Å². The quantitative estimate of drug-likeness (QED) is 0.326. The first-order valence-electron chi connectivity index (χ1n) is 10.1. The predicted molar refractivity (Wildman–Crippen MR) is 124 cm³/mol. The Hall–Kier alpha value is -4.19. The fourth-order valence-electron chi connectivity index (χ4n) is 3.38. The van der Waals surface area contributed by atoms with Crippen molar-refractivity contribution in [2.24, 2.45) is 5.10 Å². The Kier molecular flexibility index (Phi) is 5.85. The molecule has 160 valence electrons. The number of aryl methyl sites for hydroxylation is 1. The lowest BCUT2D eigenvalue weighted by molar-refractivity contribution is -0.114. The van der Waals surface area contributed by atoms with Gasteiger partial charge in [0.25, 0.3) is 5.91 Å². The average molecular weight is 426 g/mol. The van der Waals surface area contributed by atoms with Gasteiger partial charge >= 0.3 is 5.97 Å². The average Bonchev–Trinajstić information content (AvgIpc) is 3.08. The number of amides is 1. The number of methoxy groups -OCH3 is 1. The summed E-state index contributed by atoms with van der Waals surface area (Å²) in [7, 11) is 1.50. The van der Waals surface area contributed by atoms with Crippen LogP contribution in [0.2, 0.25) is 0 Å². The maximum absolute atomic E-state index is 12.9. The molecule has 0 N–H and O–H groups in total. The molecule has 1 aliphatic rings. The van der Waals surface area contributed by atoms with Crippen molar-refractivity contribution in [1.29, 1.82) is 0 Å². The van der Waals surface area contributed by atoms with E-state index in [1.54, 1.807) is 49.4 Å². The van der Waals surface area contributed by atoms with Gasteiger partial charge in [-0.2, -0.15) is 10.1 Å². The summed E-state index contributed by atoms with van der Waals surface area (Å²) in [5, 5.41) is 5.77. The normalized spacial score (nSPS) is 14.5. The summed E-state index contributed by atoms with van der Waals surface area (Å²) in [4.78, 5) is 25.4. The molecule has 3 aromatic rings. The molecule has 0 saturated heterocycles. The van der Waals surface area contributed by atoms with Gasteiger partial charge in [-0.25, -0.2) is 4.79 Å². The Bertz CT molecular complexity index is 1250. The molecule has 0 spiro atoms. The van der Waals surface area contributed by atoms with Crippen molar-refractivity contribution < 1.29 is 19.1 Å². The Balaban J connectivity index is 1.58. The molecule has 0 radical (unpaired) electrons. The van der Waals surface area contributed by atoms with Crippen LogP contribution in [0.25, 0.3) is 6.08 Å². The third-order valence-corrected chi connectivity index (χ3v) is 5.02. The number of hydrogen-bond donors (Lipinski definition) is 0. The molecule has 0 aromatic heterocycles. The molecule has 0 saturated carbocycles. The van der Waals surface area contributed by atoms with E-state index in [1.165, 1.54) is 12.1 Å². The zero-order chi connectivity index (χ0) is 22.7. The van der Waals surface area contributed by atoms with Gasteiger partial charge in [0.1, 0.15) is 0 Å². The van der Waals surface area contributed by atoms with Crippen molar-refractivity contribution in [3.63, 3.8) is 0 Å². The second-order valence-corrected chi connectivity index (χ2v) is 7.37. The standard InChI is InChI=1S/C26H22N2O4/c1-17-8-7-9-20(14-17)26(30)32-23-13-12-19(16-24(23)31-3)15-22-18(2)27-28(25(22)29)21-10-5-4-6-11-21/h4-16H,1-3H3. The molecule has 1 heterocycles. The third kappa shape index (κ3) is 4.30. The molecule has 0 aliphatic carbocycles. The summed E-state index contributed by atoms with van der Waals surface area (Å²) in [6, 6.07) is 21.6. The molecule has 3 aromatic carbocycles. The number of ether oxygens (including phenoxy) is 2. The molecule has 1 aliphatic heterocycles. The van der Waals surface area contributed by atoms with E-state index in [4.69, 9.17) is 9.47 Å². The lowest BCUT2D eigenvalue weighted by Gasteiger charge is -2.12. The van der Waals surface area contributed by atoms with Crippen LogP contribution in [0.1, 0.15) is 28.4 Å². The van der Waals surface area contributed by atoms with E-state index >= 15 is 0 Å². The van der Waals surface area contributed by atoms with Crippen molar-refractivity contribution in [2.45, 2.75) is 13.8 Å². The summed E-state index contributed by atoms with van der Waals surface area (Å²) in [5.74, 6) is 0.0173. The first-order chi connectivity index (χ1) is 15.5. The van der Waals surface area contributed by atoms with Gasteiger partial charge in [0.15, 0.2) is 11.5 Å². The Labute approximate surface area is 186 Å². The zero-order valence-corrected chi connectivity index (χ0v) is 18.0. The van der Waals surface area contributed by atoms with Gasteiger partial charge in [-0.15, -0.1) is 0 Å². The smallest absolute Gasteiger partial charge is 0.343 e. The fourth-order valence-corrected chi connectivity index (χ4v) is 3.38. The first kappa shape index (κ1) is 21.1. The highest BCUT2D eigenvalue weighted by Crippen LogP contribution is 2.31. The number of anilines is 1. The van der Waals surface area contributed by atoms with Crippen LogP contribution in [0, 0.1) is 6.92 Å². The number of benzene rings is 3. The van der Waals surface area contributed by atoms with Gasteiger partial charge in [-0.1, -0.05) is 42.0 Å². The van der Waals surface area contributed by atoms with Crippen molar-refractivity contribution in [2.75, 3.05) is 12.1 Å². The maximum Gasteiger partial charge on any atom is 0.343 e. The number of carbonyl (C=O) groups excluding carboxylic acids is 2. The maximum atomic E-state index is 12.9. The number of rotatable bonds is 5. The summed E-state index contributed by atoms with van der Waals surface area (Å²) in [6.07, 6.45) is 1.75. The topological polar surface area (TPSA) is 68.2 Å². The molecule has 4 rings (SSSR count). The first-order valence-corrected chi connectivity index (χ1v) is 10.1. The third-order valence-electron chi connectivity index (χ3n) is 5.02. The Morgan fingerprint density at radius 3 is 2.44 bits per heavy atom. The minimum absolute atomic E-state index is 0.206. The van der Waals surface area contributed by atoms with Gasteiger partial charge in [-0.05, 0) is 61.9 Å². The van der Waals surface area contributed by atoms with Crippen LogP contribution in [0.15, 0.2) is 83.5 Å². The molecule has 32 heavy (non-hydrogen) atoms. The molecule has 1 amide bonds. The van der Waals surface area contributed by atoms with Gasteiger partial charge in [0, 0.05) is 0 Å². The predicted octanol–water partition coefficient (Wildman–Crippen LogP) is 5.03. The lowest BCUT2D eigenvalue weighted by Crippen LogP contribution is -2.21. The monoisotopic (exact) mass is 426 g/mol. The second kappa shape index (κ2) is 8.89. The molecule has 6 heteroatoms. The molecular formula is C26H22N2O4. The van der Waals surface area contributed by atoms with Gasteiger partial charge in [0.05, 0.1) is 29.6 Å². The van der Waals surface area contributed by atoms with Crippen LogP contribution in [0.5, 0.6) is 11.5 Å². The largest absolute Gasteiger partial charge is 0.493 e. The highest BCUT2D eigenvalue weighted by molar-refractivity contribution is 6.32. The van der Waals surface area contributed by atoms with Gasteiger partial charge in [0.2, 0.25) is 0 Å². The van der Waals surface area contributed by atoms with Crippen molar-refractivity contribution in [1.82, 2.24) is 0 Å². The fraction of sp³-hybridized carbons (Fsp3) is 0.115. The number of hydrogen-bond acceptors (Lipinski definition) is 5. The van der Waals surface area contributed by atoms with Crippen molar-refractivity contribution in [3.05, 3.63) is 95.1 Å². The van der Waals surface area contributed by atoms with E-state index in [1.807, 2.05) is 43.3 Å². The molecule has 0 fully saturated rings. The van der Waals surface area contributed by atoms with Crippen LogP contribution in [0.4, 0.5) is 5.69 Å². The van der Waals surface area contributed by atoms with Crippen LogP contribution in [-0.2, 0) is 4.79 Å². The summed E-state index contributed by atoms with van der Waals surface area (Å²) in [6.45, 7) is 3.70. The van der Waals surface area contributed by atoms with Crippen LogP contribution < -0.4 is 14.5 Å². The number of carbonyl (C=O) groups is 2. The minimum Gasteiger partial charge on any atom is -0.493 e. The highest BCUT2D eigenvalue weighted by Gasteiger charge is 2.28. The minimum atomic E-state index is -0.467. The molecular weight excluding hydrogens is 404 g/mol. The molecule has 6 nitrogen and oxygen atoms in total. The van der Waals surface area contributed by atoms with Crippen molar-refractivity contribution in [3.8, 4) is 11.5 Å². The van der Waals surface area contributed by atoms with E-state index < -0.39 is 5.97 Å². The van der Waals surface area contributed by atoms with Crippen LogP contribution in [0.3, 0.4) is 0 Å². The summed E-state index contributed by atoms with van der Waals surface area (Å²) in [5.41, 5.74) is 3.97. The number of hydrazone groups is 1. The van der Waals surface area contributed by atoms with E-state index in [2.05, 4.69) is 5.10 Å². The van der Waals surface area contributed by atoms with Gasteiger partial charge in [-0.3, -0.25) is 4.79 Å². The van der Waals surface area contributed by atoms with Crippen LogP contribution in [-0.4, -0.2) is 24.7 Å². The van der Waals surface area contributed by atoms with E-state index in [9.17, 15) is 9.59 Å². The molecule has 0 unspecified atom stereocenters. The number of esters is 1. The SMILES string of the molecule is COc1cc(C=C2C(=O)N(c3ccccc3)N=C2C)ccc1OC(=O)c1cccc(C)c1. The van der Waals surface area contributed by atoms with Crippen LogP contribution >= 0.6 is 0 Å². The highest BCUT2D eigenvalue weighted by atomic mass is 16.6. The molecule has 0 bridgehead atoms. The van der Waals surface area contributed by atoms with Gasteiger partial charge < -0.3 is 9.47 Å². The molecule has 0 atom stereocenters. The lowest BCUT2D eigenvalue weighted by atomic mass is 10.1. The Morgan fingerprint density at radius 2 is 1.72 bits per heavy atom. The second-order valence-electron chi connectivity index (χ2n) is 7.37. The summed E-state index contributed by atoms with van der Waals surface area (Å²) >= 11 is 0. The number of para-hydroxylation sites is 1. The van der Waals surface area contributed by atoms with E-state index in [0.29, 0.717) is 34.0 Å². The Morgan fingerprint density at radius 1 is 0.938 bits per heavy atom. The van der Waals surface area contributed by atoms with E-state index in [0.717, 1.165) is 11.1 Å². The zero-order valence-electron chi connectivity index (χ0n) is 18.0.